The summed E-state index contributed by atoms with van der Waals surface area (Å²) in [6.07, 6.45) is 13.5. The Bertz CT molecular complexity index is 651. The Hall–Kier alpha value is -1.07. The first-order valence-electron chi connectivity index (χ1n) is 9.84. The van der Waals surface area contributed by atoms with Crippen LogP contribution in [-0.2, 0) is 0 Å². The van der Waals surface area contributed by atoms with Crippen molar-refractivity contribution in [2.24, 2.45) is 28.6 Å². The third kappa shape index (κ3) is 2.17. The van der Waals surface area contributed by atoms with Gasteiger partial charge in [0, 0.05) is 6.08 Å². The Labute approximate surface area is 146 Å². The number of hydrogen-bond acceptors (Lipinski definition) is 2. The van der Waals surface area contributed by atoms with E-state index in [4.69, 9.17) is 5.26 Å². The molecule has 0 radical (unpaired) electrons. The largest absolute Gasteiger partial charge is 0.386 e. The molecule has 24 heavy (non-hydrogen) atoms. The van der Waals surface area contributed by atoms with Gasteiger partial charge in [0.15, 0.2) is 0 Å². The Balaban J connectivity index is 1.68. The summed E-state index contributed by atoms with van der Waals surface area (Å²) in [6.45, 7) is 6.89. The van der Waals surface area contributed by atoms with Gasteiger partial charge in [-0.05, 0) is 86.9 Å². The topological polar surface area (TPSA) is 44.0 Å². The van der Waals surface area contributed by atoms with Gasteiger partial charge in [-0.25, -0.2) is 0 Å². The Morgan fingerprint density at radius 1 is 1.04 bits per heavy atom. The molecule has 0 unspecified atom stereocenters. The summed E-state index contributed by atoms with van der Waals surface area (Å²) < 4.78 is 0. The summed E-state index contributed by atoms with van der Waals surface area (Å²) in [4.78, 5) is 0. The summed E-state index contributed by atoms with van der Waals surface area (Å²) in [5.41, 5.74) is 2.94. The molecule has 0 saturated heterocycles. The van der Waals surface area contributed by atoms with E-state index in [1.807, 2.05) is 13.0 Å². The van der Waals surface area contributed by atoms with E-state index in [0.717, 1.165) is 43.4 Å². The minimum absolute atomic E-state index is 0.272. The van der Waals surface area contributed by atoms with Crippen LogP contribution in [0, 0.1) is 39.9 Å². The van der Waals surface area contributed by atoms with Gasteiger partial charge < -0.3 is 5.11 Å². The van der Waals surface area contributed by atoms with Crippen molar-refractivity contribution in [2.75, 3.05) is 0 Å². The zero-order valence-electron chi connectivity index (χ0n) is 15.4. The summed E-state index contributed by atoms with van der Waals surface area (Å²) in [5.74, 6) is 2.34. The Morgan fingerprint density at radius 3 is 2.54 bits per heavy atom. The number of allylic oxidation sites excluding steroid dienone is 3. The summed E-state index contributed by atoms with van der Waals surface area (Å²) >= 11 is 0. The van der Waals surface area contributed by atoms with Crippen LogP contribution in [0.3, 0.4) is 0 Å². The van der Waals surface area contributed by atoms with Gasteiger partial charge in [0.05, 0.1) is 11.7 Å². The van der Waals surface area contributed by atoms with E-state index < -0.39 is 5.60 Å². The molecule has 4 aliphatic rings. The maximum Gasteiger partial charge on any atom is 0.0911 e. The molecule has 0 heterocycles. The van der Waals surface area contributed by atoms with Gasteiger partial charge >= 0.3 is 0 Å². The van der Waals surface area contributed by atoms with Crippen LogP contribution >= 0.6 is 0 Å². The van der Waals surface area contributed by atoms with E-state index in [9.17, 15) is 5.11 Å². The van der Waals surface area contributed by atoms with Gasteiger partial charge in [0.2, 0.25) is 0 Å². The number of nitrogens with zero attached hydrogens (tertiary/aromatic N) is 1. The van der Waals surface area contributed by atoms with Crippen LogP contribution in [0.4, 0.5) is 0 Å². The highest BCUT2D eigenvalue weighted by Gasteiger charge is 2.57. The fourth-order valence-electron chi connectivity index (χ4n) is 7.03. The summed E-state index contributed by atoms with van der Waals surface area (Å²) in [6, 6.07) is 2.30. The van der Waals surface area contributed by atoms with Crippen LogP contribution in [0.1, 0.15) is 72.1 Å². The maximum atomic E-state index is 10.5. The molecule has 6 atom stereocenters. The lowest BCUT2D eigenvalue weighted by atomic mass is 9.47. The van der Waals surface area contributed by atoms with Crippen molar-refractivity contribution in [3.05, 3.63) is 23.3 Å². The standard InChI is InChI=1S/C22H31NO/c1-20(24)11-12-22(3)16(14-20)4-6-17-18-7-5-15(9-13-23)21(18,2)10-8-19(17)22/h9,14,17-19,24H,4-8,10-12H2,1-3H3/b15-9-/t17-,18-,19-,20+,21+,22-/m0/s1. The van der Waals surface area contributed by atoms with Crippen LogP contribution in [0.15, 0.2) is 23.3 Å². The van der Waals surface area contributed by atoms with E-state index in [1.165, 1.54) is 36.8 Å². The number of rotatable bonds is 0. The van der Waals surface area contributed by atoms with Crippen molar-refractivity contribution >= 4 is 0 Å². The lowest BCUT2D eigenvalue weighted by molar-refractivity contribution is -0.0406. The van der Waals surface area contributed by atoms with E-state index in [0.29, 0.717) is 5.41 Å². The third-order valence-corrected chi connectivity index (χ3v) is 8.46. The zero-order chi connectivity index (χ0) is 17.2. The summed E-state index contributed by atoms with van der Waals surface area (Å²) in [7, 11) is 0. The van der Waals surface area contributed by atoms with Crippen LogP contribution in [0.25, 0.3) is 0 Å². The molecule has 0 aliphatic heterocycles. The predicted octanol–water partition coefficient (Wildman–Crippen LogP) is 5.15. The molecule has 0 aromatic rings. The molecule has 2 nitrogen and oxygen atoms in total. The quantitative estimate of drug-likeness (QED) is 0.494. The van der Waals surface area contributed by atoms with Crippen LogP contribution in [0.2, 0.25) is 0 Å². The van der Waals surface area contributed by atoms with E-state index >= 15 is 0 Å². The van der Waals surface area contributed by atoms with E-state index in [1.54, 1.807) is 0 Å². The van der Waals surface area contributed by atoms with E-state index in [-0.39, 0.29) is 5.41 Å². The average molecular weight is 325 g/mol. The molecule has 0 aromatic heterocycles. The van der Waals surface area contributed by atoms with Crippen LogP contribution < -0.4 is 0 Å². The molecule has 2 heteroatoms. The van der Waals surface area contributed by atoms with Crippen molar-refractivity contribution in [1.29, 1.82) is 5.26 Å². The molecule has 4 rings (SSSR count). The lowest BCUT2D eigenvalue weighted by Crippen LogP contribution is -2.50. The molecular weight excluding hydrogens is 294 g/mol. The second-order valence-corrected chi connectivity index (χ2v) is 9.65. The molecule has 3 saturated carbocycles. The van der Waals surface area contributed by atoms with Crippen molar-refractivity contribution in [3.8, 4) is 6.07 Å². The lowest BCUT2D eigenvalue weighted by Gasteiger charge is -2.58. The van der Waals surface area contributed by atoms with E-state index in [2.05, 4.69) is 26.0 Å². The predicted molar refractivity (Wildman–Crippen MR) is 96.0 cm³/mol. The molecule has 130 valence electrons. The highest BCUT2D eigenvalue weighted by molar-refractivity contribution is 5.31. The van der Waals surface area contributed by atoms with Gasteiger partial charge in [-0.3, -0.25) is 0 Å². The normalized spacial score (nSPS) is 52.0. The Morgan fingerprint density at radius 2 is 1.79 bits per heavy atom. The monoisotopic (exact) mass is 325 g/mol. The van der Waals surface area contributed by atoms with Gasteiger partial charge in [0.1, 0.15) is 0 Å². The van der Waals surface area contributed by atoms with Gasteiger partial charge in [0.25, 0.3) is 0 Å². The zero-order valence-corrected chi connectivity index (χ0v) is 15.4. The van der Waals surface area contributed by atoms with Crippen molar-refractivity contribution in [1.82, 2.24) is 0 Å². The number of hydrogen-bond donors (Lipinski definition) is 1. The highest BCUT2D eigenvalue weighted by Crippen LogP contribution is 2.66. The molecule has 0 spiro atoms. The smallest absolute Gasteiger partial charge is 0.0911 e. The fourth-order valence-corrected chi connectivity index (χ4v) is 7.03. The number of nitriles is 1. The molecule has 4 aliphatic carbocycles. The molecule has 0 bridgehead atoms. The summed E-state index contributed by atoms with van der Waals surface area (Å²) in [5, 5.41) is 19.6. The molecule has 1 N–H and O–H groups in total. The molecule has 0 amide bonds. The van der Waals surface area contributed by atoms with Gasteiger partial charge in [-0.1, -0.05) is 31.1 Å². The third-order valence-electron chi connectivity index (χ3n) is 8.46. The maximum absolute atomic E-state index is 10.5. The fraction of sp³-hybridized carbons (Fsp3) is 0.773. The van der Waals surface area contributed by atoms with Crippen LogP contribution in [0.5, 0.6) is 0 Å². The second-order valence-electron chi connectivity index (χ2n) is 9.65. The van der Waals surface area contributed by atoms with Crippen molar-refractivity contribution in [3.63, 3.8) is 0 Å². The van der Waals surface area contributed by atoms with Gasteiger partial charge in [-0.2, -0.15) is 5.26 Å². The molecule has 0 aromatic carbocycles. The number of aliphatic hydroxyl groups is 1. The average Bonchev–Trinajstić information content (AvgIpc) is 2.85. The molecular formula is C22H31NO. The van der Waals surface area contributed by atoms with Crippen molar-refractivity contribution < 1.29 is 5.11 Å². The first-order valence-corrected chi connectivity index (χ1v) is 9.84. The first-order chi connectivity index (χ1) is 11.3. The highest BCUT2D eigenvalue weighted by atomic mass is 16.3. The van der Waals surface area contributed by atoms with Crippen molar-refractivity contribution in [2.45, 2.75) is 77.7 Å². The minimum atomic E-state index is -0.596. The Kier molecular flexibility index (Phi) is 3.56. The van der Waals surface area contributed by atoms with Gasteiger partial charge in [-0.15, -0.1) is 0 Å². The molecule has 3 fully saturated rings. The van der Waals surface area contributed by atoms with Crippen LogP contribution in [-0.4, -0.2) is 10.7 Å². The second kappa shape index (κ2) is 5.21. The number of fused-ring (bicyclic) bond motifs is 5. The first kappa shape index (κ1) is 16.4. The SMILES string of the molecule is C[C@]1(O)C=C2CC[C@@H]3[C@H](CC[C@]4(C)/C(=C\C#N)CC[C@@H]34)[C@@]2(C)CC1. The minimum Gasteiger partial charge on any atom is -0.386 e.